The topological polar surface area (TPSA) is 6.48 Å². The summed E-state index contributed by atoms with van der Waals surface area (Å²) < 4.78 is 92.4. The number of rotatable bonds is 13. The molecular weight excluding hydrogens is 1130 g/mol. The van der Waals surface area contributed by atoms with E-state index >= 15 is 17.6 Å². The molecule has 0 fully saturated rings. The molecule has 2 atom stereocenters. The number of fused-ring (bicyclic) bond motifs is 6. The fourth-order valence-corrected chi connectivity index (χ4v) is 14.3. The molecule has 12 aromatic rings. The van der Waals surface area contributed by atoms with Gasteiger partial charge in [0.15, 0.2) is 34.9 Å². The van der Waals surface area contributed by atoms with Crippen molar-refractivity contribution in [3.8, 4) is 33.4 Å². The van der Waals surface area contributed by atoms with Crippen molar-refractivity contribution in [2.45, 2.75) is 51.9 Å². The van der Waals surface area contributed by atoms with Gasteiger partial charge in [0.25, 0.3) is 0 Å². The van der Waals surface area contributed by atoms with Gasteiger partial charge in [0.1, 0.15) is 0 Å². The summed E-state index contributed by atoms with van der Waals surface area (Å²) in [7, 11) is 0. The van der Waals surface area contributed by atoms with Crippen LogP contribution in [-0.4, -0.2) is 0 Å². The number of hydrogen-bond donors (Lipinski definition) is 0. The van der Waals surface area contributed by atoms with Crippen LogP contribution >= 0.6 is 0 Å². The van der Waals surface area contributed by atoms with Crippen molar-refractivity contribution in [3.63, 3.8) is 0 Å². The smallest absolute Gasteiger partial charge is 0.194 e. The molecule has 0 radical (unpaired) electrons. The maximum atomic E-state index is 15.6. The molecule has 0 amide bonds. The number of hydrogen-bond acceptors (Lipinski definition) is 2. The molecule has 2 aliphatic carbocycles. The summed E-state index contributed by atoms with van der Waals surface area (Å²) in [6, 6.07) is 78.3. The average molecular weight is 1190 g/mol. The van der Waals surface area contributed by atoms with Gasteiger partial charge >= 0.3 is 0 Å². The van der Waals surface area contributed by atoms with Gasteiger partial charge < -0.3 is 9.80 Å². The molecule has 2 unspecified atom stereocenters. The van der Waals surface area contributed by atoms with Gasteiger partial charge in [0.05, 0.1) is 22.2 Å². The Bertz CT molecular complexity index is 4790. The second-order valence-corrected chi connectivity index (χ2v) is 23.8. The van der Waals surface area contributed by atoms with Crippen LogP contribution in [0.1, 0.15) is 84.8 Å². The van der Waals surface area contributed by atoms with Gasteiger partial charge in [-0.1, -0.05) is 201 Å². The molecule has 0 N–H and O–H groups in total. The van der Waals surface area contributed by atoms with Gasteiger partial charge in [-0.2, -0.15) is 0 Å². The van der Waals surface area contributed by atoms with Crippen molar-refractivity contribution < 1.29 is 26.3 Å². The molecule has 0 aromatic heterocycles. The maximum Gasteiger partial charge on any atom is 0.194 e. The Kier molecular flexibility index (Phi) is 14.2. The third-order valence-electron chi connectivity index (χ3n) is 18.6. The molecule has 12 aromatic carbocycles. The third kappa shape index (κ3) is 9.10. The first kappa shape index (κ1) is 57.3. The monoisotopic (exact) mass is 1190 g/mol. The van der Waals surface area contributed by atoms with E-state index < -0.39 is 45.7 Å². The van der Waals surface area contributed by atoms with E-state index in [0.717, 1.165) is 136 Å². The molecule has 0 spiro atoms. The second kappa shape index (κ2) is 22.3. The fraction of sp³-hybridized carbons (Fsp3) is 0.0976. The van der Waals surface area contributed by atoms with Crippen molar-refractivity contribution in [2.24, 2.45) is 0 Å². The van der Waals surface area contributed by atoms with Gasteiger partial charge in [-0.15, -0.1) is 0 Å². The van der Waals surface area contributed by atoms with Crippen molar-refractivity contribution >= 4 is 40.2 Å². The summed E-state index contributed by atoms with van der Waals surface area (Å²) in [5, 5.41) is 0. The van der Waals surface area contributed by atoms with Crippen LogP contribution in [0, 0.1) is 62.6 Å². The molecule has 14 rings (SSSR count). The lowest BCUT2D eigenvalue weighted by atomic mass is 9.66. The highest BCUT2D eigenvalue weighted by atomic mass is 19.2. The number of anilines is 6. The molecule has 2 aliphatic rings. The zero-order valence-electron chi connectivity index (χ0n) is 50.2. The van der Waals surface area contributed by atoms with Gasteiger partial charge in [0.2, 0.25) is 0 Å². The van der Waals surface area contributed by atoms with Crippen LogP contribution in [0.4, 0.5) is 60.5 Å². The molecule has 0 saturated heterocycles. The Morgan fingerprint density at radius 3 is 1.10 bits per heavy atom. The summed E-state index contributed by atoms with van der Waals surface area (Å²) in [4.78, 5) is 3.48. The van der Waals surface area contributed by atoms with E-state index in [0.29, 0.717) is 22.7 Å². The SMILES string of the molecule is C=Cc1ccc(C2(c3cc(C)ccc3C)c3ccccc3-c3ccc(N(c4ccc(-c5ccc(N(c6cc(F)c(F)c(F)c6)c6ccc7c(c6)C(c6ccc(CC)cc6)(c6cc(C)ccc6C)c6ccccc6-7)cc5)cc4)c4cc(F)c(F)c(F)c4)cc32)cc1. The van der Waals surface area contributed by atoms with Gasteiger partial charge in [-0.25, -0.2) is 26.3 Å². The van der Waals surface area contributed by atoms with Crippen molar-refractivity contribution in [1.29, 1.82) is 0 Å². The highest BCUT2D eigenvalue weighted by molar-refractivity contribution is 5.92. The van der Waals surface area contributed by atoms with Crippen LogP contribution in [0.3, 0.4) is 0 Å². The largest absolute Gasteiger partial charge is 0.310 e. The lowest BCUT2D eigenvalue weighted by Gasteiger charge is -2.36. The fourth-order valence-electron chi connectivity index (χ4n) is 14.3. The molecule has 440 valence electrons. The van der Waals surface area contributed by atoms with Crippen LogP contribution in [-0.2, 0) is 17.3 Å². The Balaban J connectivity index is 0.892. The van der Waals surface area contributed by atoms with E-state index in [1.54, 1.807) is 9.80 Å². The Morgan fingerprint density at radius 1 is 0.344 bits per heavy atom. The minimum absolute atomic E-state index is 0.0662. The van der Waals surface area contributed by atoms with Crippen LogP contribution in [0.25, 0.3) is 39.5 Å². The highest BCUT2D eigenvalue weighted by Crippen LogP contribution is 2.60. The quantitative estimate of drug-likeness (QED) is 0.0839. The number of nitrogens with zero attached hydrogens (tertiary/aromatic N) is 2. The standard InChI is InChI=1S/C82H60F6N2/c1-7-53-21-29-57(30-22-53)81(71-41-49(3)17-19-51(71)5)69-15-11-9-13-65(69)67-39-37-61(43-73(67)81)89(63-45-75(83)79(87)76(84)46-63)59-33-25-55(26-34-59)56-27-35-60(36-28-56)90(64-47-77(85)80(88)78(86)48-64)62-38-40-68-66-14-10-12-16-70(66)82(74(68)44-62,58-31-23-54(8-2)24-32-58)72-42-50(4)18-20-52(72)6/h7,9-48H,1,8H2,2-6H3. The molecule has 0 heterocycles. The van der Waals surface area contributed by atoms with E-state index in [4.69, 9.17) is 0 Å². The predicted molar refractivity (Wildman–Crippen MR) is 354 cm³/mol. The van der Waals surface area contributed by atoms with Crippen molar-refractivity contribution in [1.82, 2.24) is 0 Å². The lowest BCUT2D eigenvalue weighted by molar-refractivity contribution is 0.447. The minimum atomic E-state index is -1.57. The summed E-state index contributed by atoms with van der Waals surface area (Å²) in [5.41, 5.74) is 21.3. The Hall–Kier alpha value is -10.4. The molecule has 8 heteroatoms. The summed E-state index contributed by atoms with van der Waals surface area (Å²) >= 11 is 0. The normalized spacial score (nSPS) is 15.2. The lowest BCUT2D eigenvalue weighted by Crippen LogP contribution is -2.30. The first-order valence-corrected chi connectivity index (χ1v) is 30.2. The van der Waals surface area contributed by atoms with E-state index in [1.165, 1.54) is 5.56 Å². The summed E-state index contributed by atoms with van der Waals surface area (Å²) in [6.07, 6.45) is 2.69. The zero-order valence-corrected chi connectivity index (χ0v) is 50.2. The second-order valence-electron chi connectivity index (χ2n) is 23.8. The number of halogens is 6. The maximum absolute atomic E-state index is 15.6. The number of aryl methyl sites for hydroxylation is 5. The molecule has 2 nitrogen and oxygen atoms in total. The third-order valence-corrected chi connectivity index (χ3v) is 18.6. The van der Waals surface area contributed by atoms with E-state index in [1.807, 2.05) is 78.9 Å². The molecule has 0 aliphatic heterocycles. The van der Waals surface area contributed by atoms with Gasteiger partial charge in [0, 0.05) is 47.0 Å². The highest BCUT2D eigenvalue weighted by Gasteiger charge is 2.49. The van der Waals surface area contributed by atoms with Gasteiger partial charge in [-0.3, -0.25) is 0 Å². The van der Waals surface area contributed by atoms with E-state index in [9.17, 15) is 8.78 Å². The predicted octanol–water partition coefficient (Wildman–Crippen LogP) is 22.3. The molecule has 0 saturated carbocycles. The molecule has 0 bridgehead atoms. The van der Waals surface area contributed by atoms with Crippen molar-refractivity contribution in [3.05, 3.63) is 362 Å². The van der Waals surface area contributed by atoms with Crippen LogP contribution in [0.2, 0.25) is 0 Å². The van der Waals surface area contributed by atoms with Gasteiger partial charge in [-0.05, 0) is 183 Å². The Morgan fingerprint density at radius 2 is 0.711 bits per heavy atom. The molecule has 90 heavy (non-hydrogen) atoms. The summed E-state index contributed by atoms with van der Waals surface area (Å²) in [5.74, 6) is -8.46. The first-order valence-electron chi connectivity index (χ1n) is 30.2. The Labute approximate surface area is 521 Å². The zero-order chi connectivity index (χ0) is 62.3. The minimum Gasteiger partial charge on any atom is -0.310 e. The van der Waals surface area contributed by atoms with Crippen LogP contribution in [0.15, 0.2) is 249 Å². The van der Waals surface area contributed by atoms with E-state index in [2.05, 4.69) is 187 Å². The summed E-state index contributed by atoms with van der Waals surface area (Å²) in [6.45, 7) is 14.6. The van der Waals surface area contributed by atoms with Crippen LogP contribution < -0.4 is 9.80 Å². The number of benzene rings is 12. The van der Waals surface area contributed by atoms with Crippen LogP contribution in [0.5, 0.6) is 0 Å². The average Bonchev–Trinajstić information content (AvgIpc) is 1.53. The van der Waals surface area contributed by atoms with E-state index in [-0.39, 0.29) is 11.4 Å². The molecular formula is C82H60F6N2. The first-order chi connectivity index (χ1) is 43.6. The van der Waals surface area contributed by atoms with Crippen molar-refractivity contribution in [2.75, 3.05) is 9.80 Å².